The Labute approximate surface area is 120 Å². The van der Waals surface area contributed by atoms with Gasteiger partial charge in [-0.2, -0.15) is 0 Å². The number of halogens is 1. The van der Waals surface area contributed by atoms with Crippen molar-refractivity contribution in [2.75, 3.05) is 31.6 Å². The van der Waals surface area contributed by atoms with Gasteiger partial charge in [-0.3, -0.25) is 0 Å². The Morgan fingerprint density at radius 3 is 3.00 bits per heavy atom. The van der Waals surface area contributed by atoms with Gasteiger partial charge in [0.2, 0.25) is 0 Å². The topological polar surface area (TPSA) is 24.5 Å². The molecule has 0 saturated carbocycles. The second-order valence-corrected chi connectivity index (χ2v) is 5.42. The van der Waals surface area contributed by atoms with Crippen LogP contribution in [0, 0.1) is 0 Å². The smallest absolute Gasteiger partial charge is 0.0762 e. The highest BCUT2D eigenvalue weighted by Crippen LogP contribution is 2.32. The maximum atomic E-state index is 6.40. The van der Waals surface area contributed by atoms with Gasteiger partial charge in [0.1, 0.15) is 0 Å². The summed E-state index contributed by atoms with van der Waals surface area (Å²) in [6, 6.07) is 6.16. The van der Waals surface area contributed by atoms with Crippen molar-refractivity contribution in [1.29, 1.82) is 0 Å². The SMILES string of the molecule is CCCNCc1cccc(Cl)c1N1CCC(OC)C1. The number of nitrogens with one attached hydrogen (secondary N) is 1. The van der Waals surface area contributed by atoms with Crippen molar-refractivity contribution in [1.82, 2.24) is 5.32 Å². The molecule has 1 aliphatic heterocycles. The van der Waals surface area contributed by atoms with Gasteiger partial charge in [0.15, 0.2) is 0 Å². The maximum absolute atomic E-state index is 6.40. The molecule has 2 rings (SSSR count). The van der Waals surface area contributed by atoms with Gasteiger partial charge < -0.3 is 15.0 Å². The number of benzene rings is 1. The van der Waals surface area contributed by atoms with E-state index in [4.69, 9.17) is 16.3 Å². The van der Waals surface area contributed by atoms with Crippen molar-refractivity contribution in [2.45, 2.75) is 32.4 Å². The number of ether oxygens (including phenoxy) is 1. The quantitative estimate of drug-likeness (QED) is 0.812. The van der Waals surface area contributed by atoms with Gasteiger partial charge >= 0.3 is 0 Å². The fourth-order valence-electron chi connectivity index (χ4n) is 2.58. The van der Waals surface area contributed by atoms with E-state index < -0.39 is 0 Å². The van der Waals surface area contributed by atoms with Crippen LogP contribution in [-0.4, -0.2) is 32.8 Å². The van der Waals surface area contributed by atoms with Crippen molar-refractivity contribution in [2.24, 2.45) is 0 Å². The molecule has 1 saturated heterocycles. The minimum Gasteiger partial charge on any atom is -0.380 e. The molecular formula is C15H23ClN2O. The van der Waals surface area contributed by atoms with Crippen LogP contribution in [0.15, 0.2) is 18.2 Å². The van der Waals surface area contributed by atoms with Crippen molar-refractivity contribution in [3.05, 3.63) is 28.8 Å². The first-order chi connectivity index (χ1) is 9.26. The van der Waals surface area contributed by atoms with Gasteiger partial charge in [0.05, 0.1) is 16.8 Å². The molecule has 1 atom stereocenters. The van der Waals surface area contributed by atoms with E-state index in [-0.39, 0.29) is 0 Å². The highest BCUT2D eigenvalue weighted by molar-refractivity contribution is 6.33. The zero-order chi connectivity index (χ0) is 13.7. The normalized spacial score (nSPS) is 19.1. The third-order valence-electron chi connectivity index (χ3n) is 3.61. The van der Waals surface area contributed by atoms with Crippen LogP contribution in [0.2, 0.25) is 5.02 Å². The number of hydrogen-bond acceptors (Lipinski definition) is 3. The van der Waals surface area contributed by atoms with Gasteiger partial charge in [-0.1, -0.05) is 30.7 Å². The Hall–Kier alpha value is -0.770. The van der Waals surface area contributed by atoms with E-state index in [1.54, 1.807) is 7.11 Å². The molecule has 4 heteroatoms. The molecule has 0 amide bonds. The standard InChI is InChI=1S/C15H23ClN2O/c1-3-8-17-10-12-5-4-6-14(16)15(12)18-9-7-13(11-18)19-2/h4-6,13,17H,3,7-11H2,1-2H3. The molecule has 1 unspecified atom stereocenters. The molecule has 19 heavy (non-hydrogen) atoms. The third kappa shape index (κ3) is 3.62. The molecule has 1 heterocycles. The summed E-state index contributed by atoms with van der Waals surface area (Å²) in [5.41, 5.74) is 2.45. The van der Waals surface area contributed by atoms with Crippen molar-refractivity contribution >= 4 is 17.3 Å². The van der Waals surface area contributed by atoms with Gasteiger partial charge in [-0.25, -0.2) is 0 Å². The Balaban J connectivity index is 2.13. The lowest BCUT2D eigenvalue weighted by Crippen LogP contribution is -2.25. The van der Waals surface area contributed by atoms with Gasteiger partial charge in [-0.15, -0.1) is 0 Å². The lowest BCUT2D eigenvalue weighted by atomic mass is 10.1. The van der Waals surface area contributed by atoms with Crippen LogP contribution in [-0.2, 0) is 11.3 Å². The van der Waals surface area contributed by atoms with E-state index in [0.29, 0.717) is 6.10 Å². The van der Waals surface area contributed by atoms with Crippen LogP contribution in [0.1, 0.15) is 25.3 Å². The van der Waals surface area contributed by atoms with Crippen LogP contribution < -0.4 is 10.2 Å². The molecule has 106 valence electrons. The largest absolute Gasteiger partial charge is 0.380 e. The lowest BCUT2D eigenvalue weighted by molar-refractivity contribution is 0.121. The summed E-state index contributed by atoms with van der Waals surface area (Å²) in [7, 11) is 1.78. The van der Waals surface area contributed by atoms with E-state index >= 15 is 0 Å². The van der Waals surface area contributed by atoms with Crippen LogP contribution in [0.4, 0.5) is 5.69 Å². The second-order valence-electron chi connectivity index (χ2n) is 5.02. The van der Waals surface area contributed by atoms with Crippen LogP contribution in [0.25, 0.3) is 0 Å². The number of nitrogens with zero attached hydrogens (tertiary/aromatic N) is 1. The molecule has 1 aromatic rings. The van der Waals surface area contributed by atoms with Gasteiger partial charge in [0.25, 0.3) is 0 Å². The number of hydrogen-bond donors (Lipinski definition) is 1. The highest BCUT2D eigenvalue weighted by Gasteiger charge is 2.25. The molecule has 1 aliphatic rings. The summed E-state index contributed by atoms with van der Waals surface area (Å²) in [4.78, 5) is 2.35. The van der Waals surface area contributed by atoms with Crippen LogP contribution in [0.3, 0.4) is 0 Å². The maximum Gasteiger partial charge on any atom is 0.0762 e. The zero-order valence-electron chi connectivity index (χ0n) is 11.8. The second kappa shape index (κ2) is 7.13. The summed E-state index contributed by atoms with van der Waals surface area (Å²) >= 11 is 6.40. The average Bonchev–Trinajstić information content (AvgIpc) is 2.87. The molecule has 3 nitrogen and oxygen atoms in total. The molecule has 1 aromatic carbocycles. The van der Waals surface area contributed by atoms with Gasteiger partial charge in [0, 0.05) is 26.7 Å². The molecule has 0 aliphatic carbocycles. The monoisotopic (exact) mass is 282 g/mol. The first-order valence-electron chi connectivity index (χ1n) is 7.02. The van der Waals surface area contributed by atoms with Crippen molar-refractivity contribution in [3.63, 3.8) is 0 Å². The third-order valence-corrected chi connectivity index (χ3v) is 3.91. The highest BCUT2D eigenvalue weighted by atomic mass is 35.5. The van der Waals surface area contributed by atoms with E-state index in [0.717, 1.165) is 44.0 Å². The Bertz CT molecular complexity index is 411. The number of para-hydroxylation sites is 1. The summed E-state index contributed by atoms with van der Waals surface area (Å²) in [5.74, 6) is 0. The number of anilines is 1. The molecular weight excluding hydrogens is 260 g/mol. The fourth-order valence-corrected chi connectivity index (χ4v) is 2.89. The average molecular weight is 283 g/mol. The Morgan fingerprint density at radius 2 is 2.32 bits per heavy atom. The summed E-state index contributed by atoms with van der Waals surface area (Å²) in [6.07, 6.45) is 2.54. The van der Waals surface area contributed by atoms with Crippen molar-refractivity contribution in [3.8, 4) is 0 Å². The lowest BCUT2D eigenvalue weighted by Gasteiger charge is -2.23. The molecule has 0 radical (unpaired) electrons. The molecule has 1 N–H and O–H groups in total. The van der Waals surface area contributed by atoms with Gasteiger partial charge in [-0.05, 0) is 31.0 Å². The van der Waals surface area contributed by atoms with Crippen LogP contribution in [0.5, 0.6) is 0 Å². The molecule has 0 spiro atoms. The predicted octanol–water partition coefficient (Wildman–Crippen LogP) is 3.06. The Morgan fingerprint density at radius 1 is 1.47 bits per heavy atom. The summed E-state index contributed by atoms with van der Waals surface area (Å²) in [5, 5.41) is 4.29. The van der Waals surface area contributed by atoms with E-state index in [1.165, 1.54) is 11.3 Å². The minimum absolute atomic E-state index is 0.327. The number of methoxy groups -OCH3 is 1. The fraction of sp³-hybridized carbons (Fsp3) is 0.600. The summed E-state index contributed by atoms with van der Waals surface area (Å²) in [6.45, 7) is 6.03. The van der Waals surface area contributed by atoms with E-state index in [2.05, 4.69) is 23.2 Å². The van der Waals surface area contributed by atoms with Crippen molar-refractivity contribution < 1.29 is 4.74 Å². The summed E-state index contributed by atoms with van der Waals surface area (Å²) < 4.78 is 5.44. The Kier molecular flexibility index (Phi) is 5.49. The molecule has 0 aromatic heterocycles. The number of rotatable bonds is 6. The minimum atomic E-state index is 0.327. The first-order valence-corrected chi connectivity index (χ1v) is 7.40. The molecule has 1 fully saturated rings. The van der Waals surface area contributed by atoms with Crippen LogP contribution >= 0.6 is 11.6 Å². The van der Waals surface area contributed by atoms with E-state index in [1.807, 2.05) is 12.1 Å². The predicted molar refractivity (Wildman–Crippen MR) is 81.1 cm³/mol. The van der Waals surface area contributed by atoms with E-state index in [9.17, 15) is 0 Å². The molecule has 0 bridgehead atoms. The zero-order valence-corrected chi connectivity index (χ0v) is 12.5. The first kappa shape index (κ1) is 14.6.